The van der Waals surface area contributed by atoms with Gasteiger partial charge in [0.15, 0.2) is 0 Å². The average molecular weight is 322 g/mol. The summed E-state index contributed by atoms with van der Waals surface area (Å²) in [5, 5.41) is 12.3. The molecule has 0 spiro atoms. The molecule has 2 amide bonds. The lowest BCUT2D eigenvalue weighted by molar-refractivity contribution is -0.130. The Hall–Kier alpha value is -1.95. The molecule has 2 unspecified atom stereocenters. The molecule has 1 fully saturated rings. The molecule has 2 N–H and O–H groups in total. The second-order valence-corrected chi connectivity index (χ2v) is 6.00. The summed E-state index contributed by atoms with van der Waals surface area (Å²) < 4.78 is 12.8. The monoisotopic (exact) mass is 322 g/mol. The molecule has 0 saturated carbocycles. The summed E-state index contributed by atoms with van der Waals surface area (Å²) in [5.41, 5.74) is 0.400. The largest absolute Gasteiger partial charge is 0.393 e. The first-order valence-corrected chi connectivity index (χ1v) is 7.97. The van der Waals surface area contributed by atoms with Crippen molar-refractivity contribution in [3.05, 3.63) is 35.6 Å². The van der Waals surface area contributed by atoms with Crippen molar-refractivity contribution in [1.82, 2.24) is 10.2 Å². The zero-order chi connectivity index (χ0) is 16.8. The number of hydrogen-bond donors (Lipinski definition) is 2. The molecule has 5 nitrogen and oxygen atoms in total. The number of aliphatic hydroxyl groups excluding tert-OH is 1. The fourth-order valence-electron chi connectivity index (χ4n) is 2.71. The van der Waals surface area contributed by atoms with E-state index in [1.807, 2.05) is 0 Å². The van der Waals surface area contributed by atoms with E-state index in [1.54, 1.807) is 11.8 Å². The van der Waals surface area contributed by atoms with E-state index in [0.717, 1.165) is 6.42 Å². The van der Waals surface area contributed by atoms with Gasteiger partial charge < -0.3 is 15.3 Å². The molecule has 0 bridgehead atoms. The molecule has 2 rings (SSSR count). The molecule has 1 aliphatic heterocycles. The SMILES string of the molecule is CC(O)C1CCN(C(=O)CCCNC(=O)c2ccc(F)cc2)C1. The lowest BCUT2D eigenvalue weighted by Gasteiger charge is -2.17. The third-order valence-electron chi connectivity index (χ3n) is 4.22. The lowest BCUT2D eigenvalue weighted by Crippen LogP contribution is -2.31. The Labute approximate surface area is 135 Å². The minimum Gasteiger partial charge on any atom is -0.393 e. The number of nitrogens with one attached hydrogen (secondary N) is 1. The first-order valence-electron chi connectivity index (χ1n) is 7.97. The first kappa shape index (κ1) is 17.4. The number of carbonyl (C=O) groups is 2. The third-order valence-corrected chi connectivity index (χ3v) is 4.22. The maximum Gasteiger partial charge on any atom is 0.251 e. The molecule has 0 aliphatic carbocycles. The third kappa shape index (κ3) is 5.03. The summed E-state index contributed by atoms with van der Waals surface area (Å²) in [5.74, 6) is -0.428. The van der Waals surface area contributed by atoms with Gasteiger partial charge in [0.2, 0.25) is 5.91 Å². The fourth-order valence-corrected chi connectivity index (χ4v) is 2.71. The highest BCUT2D eigenvalue weighted by Gasteiger charge is 2.28. The van der Waals surface area contributed by atoms with E-state index >= 15 is 0 Å². The smallest absolute Gasteiger partial charge is 0.251 e. The van der Waals surface area contributed by atoms with Crippen LogP contribution >= 0.6 is 0 Å². The van der Waals surface area contributed by atoms with Crippen molar-refractivity contribution in [2.24, 2.45) is 5.92 Å². The normalized spacial score (nSPS) is 18.7. The van der Waals surface area contributed by atoms with Gasteiger partial charge in [0.25, 0.3) is 5.91 Å². The van der Waals surface area contributed by atoms with E-state index in [4.69, 9.17) is 0 Å². The average Bonchev–Trinajstić information content (AvgIpc) is 3.02. The predicted molar refractivity (Wildman–Crippen MR) is 84.3 cm³/mol. The van der Waals surface area contributed by atoms with Gasteiger partial charge in [0, 0.05) is 37.5 Å². The standard InChI is InChI=1S/C17H23FN2O3/c1-12(21)14-8-10-20(11-14)16(22)3-2-9-19-17(23)13-4-6-15(18)7-5-13/h4-7,12,14,21H,2-3,8-11H2,1H3,(H,19,23). The number of halogens is 1. The Morgan fingerprint density at radius 2 is 2.09 bits per heavy atom. The molecule has 1 aromatic carbocycles. The van der Waals surface area contributed by atoms with Crippen molar-refractivity contribution >= 4 is 11.8 Å². The highest BCUT2D eigenvalue weighted by atomic mass is 19.1. The number of hydrogen-bond acceptors (Lipinski definition) is 3. The summed E-state index contributed by atoms with van der Waals surface area (Å²) in [7, 11) is 0. The Kier molecular flexibility index (Phi) is 6.10. The van der Waals surface area contributed by atoms with Crippen LogP contribution < -0.4 is 5.32 Å². The molecule has 1 saturated heterocycles. The minimum absolute atomic E-state index is 0.0594. The van der Waals surface area contributed by atoms with Crippen LogP contribution in [-0.2, 0) is 4.79 Å². The van der Waals surface area contributed by atoms with Gasteiger partial charge in [-0.1, -0.05) is 0 Å². The van der Waals surface area contributed by atoms with Crippen LogP contribution in [0, 0.1) is 11.7 Å². The molecule has 6 heteroatoms. The molecular formula is C17H23FN2O3. The molecule has 0 radical (unpaired) electrons. The number of nitrogens with zero attached hydrogens (tertiary/aromatic N) is 1. The van der Waals surface area contributed by atoms with Crippen molar-refractivity contribution in [1.29, 1.82) is 0 Å². The quantitative estimate of drug-likeness (QED) is 0.781. The zero-order valence-corrected chi connectivity index (χ0v) is 13.3. The Morgan fingerprint density at radius 1 is 1.39 bits per heavy atom. The molecular weight excluding hydrogens is 299 g/mol. The molecule has 1 aliphatic rings. The molecule has 2 atom stereocenters. The lowest BCUT2D eigenvalue weighted by atomic mass is 10.0. The maximum atomic E-state index is 12.8. The Morgan fingerprint density at radius 3 is 2.70 bits per heavy atom. The van der Waals surface area contributed by atoms with Gasteiger partial charge in [-0.05, 0) is 44.0 Å². The number of aliphatic hydroxyl groups is 1. The number of carbonyl (C=O) groups excluding carboxylic acids is 2. The van der Waals surface area contributed by atoms with Crippen molar-refractivity contribution in [3.63, 3.8) is 0 Å². The van der Waals surface area contributed by atoms with Gasteiger partial charge in [0.05, 0.1) is 6.10 Å². The van der Waals surface area contributed by atoms with E-state index in [1.165, 1.54) is 24.3 Å². The van der Waals surface area contributed by atoms with E-state index in [0.29, 0.717) is 38.0 Å². The first-order chi connectivity index (χ1) is 11.0. The van der Waals surface area contributed by atoms with Crippen LogP contribution in [0.25, 0.3) is 0 Å². The topological polar surface area (TPSA) is 69.6 Å². The molecule has 1 aromatic rings. The van der Waals surface area contributed by atoms with Crippen LogP contribution in [0.1, 0.15) is 36.5 Å². The predicted octanol–water partition coefficient (Wildman–Crippen LogP) is 1.56. The van der Waals surface area contributed by atoms with E-state index in [2.05, 4.69) is 5.32 Å². The molecule has 1 heterocycles. The maximum absolute atomic E-state index is 12.8. The van der Waals surface area contributed by atoms with Crippen LogP contribution in [0.5, 0.6) is 0 Å². The zero-order valence-electron chi connectivity index (χ0n) is 13.3. The molecule has 0 aromatic heterocycles. The van der Waals surface area contributed by atoms with Crippen LogP contribution in [0.15, 0.2) is 24.3 Å². The van der Waals surface area contributed by atoms with Crippen LogP contribution in [0.3, 0.4) is 0 Å². The van der Waals surface area contributed by atoms with E-state index < -0.39 is 0 Å². The van der Waals surface area contributed by atoms with Crippen molar-refractivity contribution in [2.75, 3.05) is 19.6 Å². The number of benzene rings is 1. The van der Waals surface area contributed by atoms with Gasteiger partial charge in [-0.2, -0.15) is 0 Å². The van der Waals surface area contributed by atoms with Crippen molar-refractivity contribution in [3.8, 4) is 0 Å². The van der Waals surface area contributed by atoms with Crippen LogP contribution in [0.4, 0.5) is 4.39 Å². The van der Waals surface area contributed by atoms with Gasteiger partial charge in [-0.3, -0.25) is 9.59 Å². The van der Waals surface area contributed by atoms with Crippen molar-refractivity contribution < 1.29 is 19.1 Å². The molecule has 23 heavy (non-hydrogen) atoms. The van der Waals surface area contributed by atoms with Crippen molar-refractivity contribution in [2.45, 2.75) is 32.3 Å². The highest BCUT2D eigenvalue weighted by molar-refractivity contribution is 5.94. The second-order valence-electron chi connectivity index (χ2n) is 6.00. The fraction of sp³-hybridized carbons (Fsp3) is 0.529. The number of amides is 2. The highest BCUT2D eigenvalue weighted by Crippen LogP contribution is 2.20. The number of likely N-dealkylation sites (tertiary alicyclic amines) is 1. The van der Waals surface area contributed by atoms with Crippen LogP contribution in [-0.4, -0.2) is 47.6 Å². The Balaban J connectivity index is 1.66. The molecule has 126 valence electrons. The minimum atomic E-state index is -0.386. The van der Waals surface area contributed by atoms with Gasteiger partial charge in [-0.15, -0.1) is 0 Å². The van der Waals surface area contributed by atoms with Gasteiger partial charge >= 0.3 is 0 Å². The van der Waals surface area contributed by atoms with Gasteiger partial charge in [-0.25, -0.2) is 4.39 Å². The van der Waals surface area contributed by atoms with Gasteiger partial charge in [0.1, 0.15) is 5.82 Å². The summed E-state index contributed by atoms with van der Waals surface area (Å²) >= 11 is 0. The second kappa shape index (κ2) is 8.06. The summed E-state index contributed by atoms with van der Waals surface area (Å²) in [6, 6.07) is 5.33. The van der Waals surface area contributed by atoms with E-state index in [9.17, 15) is 19.1 Å². The summed E-state index contributed by atoms with van der Waals surface area (Å²) in [6.45, 7) is 3.45. The summed E-state index contributed by atoms with van der Waals surface area (Å²) in [4.78, 5) is 25.7. The number of rotatable bonds is 6. The summed E-state index contributed by atoms with van der Waals surface area (Å²) in [6.07, 6.45) is 1.38. The van der Waals surface area contributed by atoms with Crippen LogP contribution in [0.2, 0.25) is 0 Å². The van der Waals surface area contributed by atoms with E-state index in [-0.39, 0.29) is 29.7 Å². The Bertz CT molecular complexity index is 545.